The Morgan fingerprint density at radius 3 is 2.68 bits per heavy atom. The van der Waals surface area contributed by atoms with E-state index >= 15 is 0 Å². The van der Waals surface area contributed by atoms with Crippen LogP contribution >= 0.6 is 0 Å². The summed E-state index contributed by atoms with van der Waals surface area (Å²) in [5.41, 5.74) is 0. The first-order valence-corrected chi connectivity index (χ1v) is 7.05. The molecule has 19 heavy (non-hydrogen) atoms. The van der Waals surface area contributed by atoms with Crippen molar-refractivity contribution in [3.05, 3.63) is 0 Å². The molecular weight excluding hydrogens is 246 g/mol. The first kappa shape index (κ1) is 14.3. The molecule has 2 rings (SSSR count). The molecule has 0 saturated carbocycles. The molecule has 2 saturated heterocycles. The van der Waals surface area contributed by atoms with Crippen molar-refractivity contribution >= 4 is 11.8 Å². The van der Waals surface area contributed by atoms with E-state index in [1.54, 1.807) is 11.9 Å². The fraction of sp³-hybridized carbons (Fsp3) is 0.846. The van der Waals surface area contributed by atoms with Crippen LogP contribution in [0.15, 0.2) is 0 Å². The highest BCUT2D eigenvalue weighted by atomic mass is 16.5. The normalized spacial score (nSPS) is 24.1. The standard InChI is InChI=1S/C13H23N3O3/c1-15(10-11-4-2-3-9-19-11)12(17)13(18)16-7-5-14-6-8-16/h11,14H,2-10H2,1H3. The lowest BCUT2D eigenvalue weighted by atomic mass is 10.1. The topological polar surface area (TPSA) is 61.9 Å². The van der Waals surface area contributed by atoms with Crippen LogP contribution in [0.2, 0.25) is 0 Å². The van der Waals surface area contributed by atoms with Crippen LogP contribution < -0.4 is 5.32 Å². The number of hydrogen-bond acceptors (Lipinski definition) is 4. The summed E-state index contributed by atoms with van der Waals surface area (Å²) in [6.07, 6.45) is 3.28. The minimum atomic E-state index is -0.420. The summed E-state index contributed by atoms with van der Waals surface area (Å²) >= 11 is 0. The number of hydrogen-bond donors (Lipinski definition) is 1. The van der Waals surface area contributed by atoms with E-state index in [1.165, 1.54) is 4.90 Å². The van der Waals surface area contributed by atoms with Gasteiger partial charge in [-0.1, -0.05) is 0 Å². The van der Waals surface area contributed by atoms with E-state index < -0.39 is 5.91 Å². The third-order valence-corrected chi connectivity index (χ3v) is 3.69. The summed E-state index contributed by atoms with van der Waals surface area (Å²) in [4.78, 5) is 27.2. The van der Waals surface area contributed by atoms with Gasteiger partial charge in [0, 0.05) is 46.4 Å². The first-order chi connectivity index (χ1) is 9.18. The van der Waals surface area contributed by atoms with Gasteiger partial charge in [-0.25, -0.2) is 0 Å². The molecular formula is C13H23N3O3. The van der Waals surface area contributed by atoms with Crippen molar-refractivity contribution in [3.8, 4) is 0 Å². The molecule has 108 valence electrons. The number of nitrogens with zero attached hydrogens (tertiary/aromatic N) is 2. The van der Waals surface area contributed by atoms with Gasteiger partial charge in [-0.2, -0.15) is 0 Å². The lowest BCUT2D eigenvalue weighted by Gasteiger charge is -2.30. The van der Waals surface area contributed by atoms with Gasteiger partial charge in [-0.3, -0.25) is 9.59 Å². The Kier molecular flexibility index (Phi) is 5.15. The Hall–Kier alpha value is -1.14. The van der Waals surface area contributed by atoms with Crippen molar-refractivity contribution in [2.45, 2.75) is 25.4 Å². The predicted molar refractivity (Wildman–Crippen MR) is 70.7 cm³/mol. The molecule has 0 aliphatic carbocycles. The Balaban J connectivity index is 1.81. The highest BCUT2D eigenvalue weighted by Gasteiger charge is 2.27. The zero-order valence-electron chi connectivity index (χ0n) is 11.6. The van der Waals surface area contributed by atoms with E-state index in [1.807, 2.05) is 0 Å². The Morgan fingerprint density at radius 2 is 2.05 bits per heavy atom. The first-order valence-electron chi connectivity index (χ1n) is 7.05. The fourth-order valence-corrected chi connectivity index (χ4v) is 2.51. The maximum atomic E-state index is 12.1. The van der Waals surface area contributed by atoms with Gasteiger partial charge >= 0.3 is 11.8 Å². The van der Waals surface area contributed by atoms with Crippen molar-refractivity contribution in [1.82, 2.24) is 15.1 Å². The third-order valence-electron chi connectivity index (χ3n) is 3.69. The number of ether oxygens (including phenoxy) is 1. The van der Waals surface area contributed by atoms with Crippen LogP contribution in [0, 0.1) is 0 Å². The molecule has 1 N–H and O–H groups in total. The Labute approximate surface area is 114 Å². The number of likely N-dealkylation sites (N-methyl/N-ethyl adjacent to an activating group) is 1. The van der Waals surface area contributed by atoms with Crippen molar-refractivity contribution in [1.29, 1.82) is 0 Å². The second-order valence-corrected chi connectivity index (χ2v) is 5.22. The van der Waals surface area contributed by atoms with Gasteiger partial charge in [0.2, 0.25) is 0 Å². The number of amides is 2. The molecule has 2 heterocycles. The second-order valence-electron chi connectivity index (χ2n) is 5.22. The van der Waals surface area contributed by atoms with Crippen molar-refractivity contribution in [2.75, 3.05) is 46.4 Å². The maximum absolute atomic E-state index is 12.1. The van der Waals surface area contributed by atoms with Gasteiger partial charge < -0.3 is 19.9 Å². The number of piperazine rings is 1. The van der Waals surface area contributed by atoms with E-state index in [9.17, 15) is 9.59 Å². The molecule has 1 atom stereocenters. The lowest BCUT2D eigenvalue weighted by molar-refractivity contribution is -0.152. The van der Waals surface area contributed by atoms with Gasteiger partial charge in [0.1, 0.15) is 0 Å². The van der Waals surface area contributed by atoms with Crippen LogP contribution in [-0.4, -0.2) is 74.1 Å². The quantitative estimate of drug-likeness (QED) is 0.683. The second kappa shape index (κ2) is 6.86. The molecule has 0 spiro atoms. The zero-order valence-corrected chi connectivity index (χ0v) is 11.6. The van der Waals surface area contributed by atoms with Crippen LogP contribution in [0.1, 0.15) is 19.3 Å². The SMILES string of the molecule is CN(CC1CCCCO1)C(=O)C(=O)N1CCNCC1. The number of carbonyl (C=O) groups is 2. The van der Waals surface area contributed by atoms with E-state index in [0.29, 0.717) is 19.6 Å². The predicted octanol–water partition coefficient (Wildman–Crippen LogP) is -0.554. The molecule has 0 aromatic rings. The van der Waals surface area contributed by atoms with E-state index in [0.717, 1.165) is 39.0 Å². The molecule has 6 nitrogen and oxygen atoms in total. The number of carbonyl (C=O) groups excluding carboxylic acids is 2. The number of nitrogens with one attached hydrogen (secondary N) is 1. The Bertz CT molecular complexity index is 323. The molecule has 0 bridgehead atoms. The fourth-order valence-electron chi connectivity index (χ4n) is 2.51. The van der Waals surface area contributed by atoms with Crippen LogP contribution in [0.25, 0.3) is 0 Å². The number of rotatable bonds is 2. The highest BCUT2D eigenvalue weighted by molar-refractivity contribution is 6.34. The molecule has 0 aromatic carbocycles. The lowest BCUT2D eigenvalue weighted by Crippen LogP contribution is -2.52. The van der Waals surface area contributed by atoms with E-state index in [-0.39, 0.29) is 12.0 Å². The van der Waals surface area contributed by atoms with Crippen molar-refractivity contribution < 1.29 is 14.3 Å². The maximum Gasteiger partial charge on any atom is 0.312 e. The summed E-state index contributed by atoms with van der Waals surface area (Å²) in [5, 5.41) is 3.16. The average molecular weight is 269 g/mol. The van der Waals surface area contributed by atoms with Gasteiger partial charge in [0.05, 0.1) is 6.10 Å². The average Bonchev–Trinajstić information content (AvgIpc) is 2.47. The third kappa shape index (κ3) is 3.91. The van der Waals surface area contributed by atoms with E-state index in [4.69, 9.17) is 4.74 Å². The molecule has 1 unspecified atom stereocenters. The minimum absolute atomic E-state index is 0.0820. The highest BCUT2D eigenvalue weighted by Crippen LogP contribution is 2.13. The van der Waals surface area contributed by atoms with Crippen LogP contribution in [0.4, 0.5) is 0 Å². The van der Waals surface area contributed by atoms with Crippen LogP contribution in [0.5, 0.6) is 0 Å². The van der Waals surface area contributed by atoms with Crippen molar-refractivity contribution in [3.63, 3.8) is 0 Å². The molecule has 2 amide bonds. The summed E-state index contributed by atoms with van der Waals surface area (Å²) in [6.45, 7) is 4.01. The zero-order chi connectivity index (χ0) is 13.7. The summed E-state index contributed by atoms with van der Waals surface area (Å²) < 4.78 is 5.60. The van der Waals surface area contributed by atoms with E-state index in [2.05, 4.69) is 5.32 Å². The molecule has 6 heteroatoms. The largest absolute Gasteiger partial charge is 0.376 e. The molecule has 0 radical (unpaired) electrons. The molecule has 2 aliphatic heterocycles. The van der Waals surface area contributed by atoms with Crippen LogP contribution in [-0.2, 0) is 14.3 Å². The molecule has 0 aromatic heterocycles. The van der Waals surface area contributed by atoms with Gasteiger partial charge in [-0.15, -0.1) is 0 Å². The minimum Gasteiger partial charge on any atom is -0.376 e. The summed E-state index contributed by atoms with van der Waals surface area (Å²) in [5.74, 6) is -0.809. The molecule has 2 fully saturated rings. The smallest absolute Gasteiger partial charge is 0.312 e. The Morgan fingerprint density at radius 1 is 1.32 bits per heavy atom. The summed E-state index contributed by atoms with van der Waals surface area (Å²) in [6, 6.07) is 0. The van der Waals surface area contributed by atoms with Gasteiger partial charge in [0.25, 0.3) is 0 Å². The summed E-state index contributed by atoms with van der Waals surface area (Å²) in [7, 11) is 1.68. The monoisotopic (exact) mass is 269 g/mol. The van der Waals surface area contributed by atoms with Gasteiger partial charge in [0.15, 0.2) is 0 Å². The van der Waals surface area contributed by atoms with Gasteiger partial charge in [-0.05, 0) is 19.3 Å². The molecule has 2 aliphatic rings. The van der Waals surface area contributed by atoms with Crippen molar-refractivity contribution in [2.24, 2.45) is 0 Å². The van der Waals surface area contributed by atoms with Crippen LogP contribution in [0.3, 0.4) is 0 Å².